The Hall–Kier alpha value is -1.66. The summed E-state index contributed by atoms with van der Waals surface area (Å²) in [4.78, 5) is 8.80. The van der Waals surface area contributed by atoms with Gasteiger partial charge in [-0.25, -0.2) is 9.97 Å². The molecule has 138 valence electrons. The molecule has 1 saturated carbocycles. The van der Waals surface area contributed by atoms with Crippen molar-refractivity contribution in [3.8, 4) is 0 Å². The molecule has 0 radical (unpaired) electrons. The van der Waals surface area contributed by atoms with E-state index in [2.05, 4.69) is 44.4 Å². The molecule has 0 spiro atoms. The fraction of sp³-hybridized carbons (Fsp3) is 0.684. The highest BCUT2D eigenvalue weighted by Crippen LogP contribution is 2.37. The molecule has 3 rings (SSSR count). The third-order valence-corrected chi connectivity index (χ3v) is 5.14. The van der Waals surface area contributed by atoms with Gasteiger partial charge >= 0.3 is 0 Å². The molecule has 0 saturated heterocycles. The Kier molecular flexibility index (Phi) is 6.64. The molecule has 2 atom stereocenters. The first-order valence-corrected chi connectivity index (χ1v) is 9.61. The summed E-state index contributed by atoms with van der Waals surface area (Å²) < 4.78 is 8.20. The highest BCUT2D eigenvalue weighted by Gasteiger charge is 2.27. The van der Waals surface area contributed by atoms with Gasteiger partial charge in [-0.2, -0.15) is 0 Å². The Balaban J connectivity index is 1.47. The zero-order chi connectivity index (χ0) is 17.5. The van der Waals surface area contributed by atoms with Gasteiger partial charge < -0.3 is 19.9 Å². The SMILES string of the molecule is CCCCNCCOC[C@@H]1CC[C@H](n2ccc3c(NC)ncnc32)C1. The molecular weight excluding hydrogens is 314 g/mol. The van der Waals surface area contributed by atoms with Gasteiger partial charge in [-0.15, -0.1) is 0 Å². The molecule has 2 aromatic rings. The zero-order valence-corrected chi connectivity index (χ0v) is 15.5. The minimum absolute atomic E-state index is 0.522. The molecule has 0 aromatic carbocycles. The van der Waals surface area contributed by atoms with Crippen molar-refractivity contribution in [2.75, 3.05) is 38.7 Å². The summed E-state index contributed by atoms with van der Waals surface area (Å²) in [5, 5.41) is 7.67. The average Bonchev–Trinajstić information content (AvgIpc) is 3.27. The Morgan fingerprint density at radius 2 is 2.20 bits per heavy atom. The summed E-state index contributed by atoms with van der Waals surface area (Å²) in [5.41, 5.74) is 1.03. The van der Waals surface area contributed by atoms with Crippen molar-refractivity contribution >= 4 is 16.9 Å². The van der Waals surface area contributed by atoms with Gasteiger partial charge in [-0.1, -0.05) is 13.3 Å². The number of ether oxygens (including phenoxy) is 1. The fourth-order valence-electron chi connectivity index (χ4n) is 3.74. The molecule has 1 aliphatic rings. The van der Waals surface area contributed by atoms with Crippen molar-refractivity contribution in [3.63, 3.8) is 0 Å². The Bertz CT molecular complexity index is 656. The van der Waals surface area contributed by atoms with E-state index in [1.54, 1.807) is 6.33 Å². The molecule has 0 bridgehead atoms. The average molecular weight is 345 g/mol. The molecule has 25 heavy (non-hydrogen) atoms. The van der Waals surface area contributed by atoms with Gasteiger partial charge in [0.05, 0.1) is 12.0 Å². The fourth-order valence-corrected chi connectivity index (χ4v) is 3.74. The van der Waals surface area contributed by atoms with Gasteiger partial charge in [0.1, 0.15) is 17.8 Å². The summed E-state index contributed by atoms with van der Waals surface area (Å²) in [6.45, 7) is 5.97. The first kappa shape index (κ1) is 18.1. The molecule has 1 aliphatic carbocycles. The van der Waals surface area contributed by atoms with Gasteiger partial charge in [-0.3, -0.25) is 0 Å². The quantitative estimate of drug-likeness (QED) is 0.647. The van der Waals surface area contributed by atoms with Crippen molar-refractivity contribution in [2.45, 2.75) is 45.1 Å². The largest absolute Gasteiger partial charge is 0.380 e. The lowest BCUT2D eigenvalue weighted by atomic mass is 10.1. The topological polar surface area (TPSA) is 64.0 Å². The minimum atomic E-state index is 0.522. The Labute approximate surface area is 150 Å². The monoisotopic (exact) mass is 345 g/mol. The van der Waals surface area contributed by atoms with Crippen LogP contribution in [0.5, 0.6) is 0 Å². The van der Waals surface area contributed by atoms with Crippen LogP contribution in [0.2, 0.25) is 0 Å². The lowest BCUT2D eigenvalue weighted by Gasteiger charge is -2.15. The van der Waals surface area contributed by atoms with Crippen molar-refractivity contribution in [2.24, 2.45) is 5.92 Å². The zero-order valence-electron chi connectivity index (χ0n) is 15.5. The third-order valence-electron chi connectivity index (χ3n) is 5.14. The molecule has 0 aliphatic heterocycles. The van der Waals surface area contributed by atoms with Crippen LogP contribution in [0.15, 0.2) is 18.6 Å². The number of aromatic nitrogens is 3. The standard InChI is InChI=1S/C19H31N5O/c1-3-4-8-21-9-11-25-13-15-5-6-16(12-15)24-10-7-17-18(20-2)22-14-23-19(17)24/h7,10,14-16,21H,3-6,8-9,11-13H2,1-2H3,(H,20,22,23)/t15-,16+/m1/s1. The summed E-state index contributed by atoms with van der Waals surface area (Å²) in [6, 6.07) is 2.64. The van der Waals surface area contributed by atoms with Crippen LogP contribution < -0.4 is 10.6 Å². The number of fused-ring (bicyclic) bond motifs is 1. The van der Waals surface area contributed by atoms with E-state index in [-0.39, 0.29) is 0 Å². The van der Waals surface area contributed by atoms with Gasteiger partial charge in [0.15, 0.2) is 0 Å². The van der Waals surface area contributed by atoms with Gasteiger partial charge in [-0.05, 0) is 44.2 Å². The van der Waals surface area contributed by atoms with E-state index >= 15 is 0 Å². The second-order valence-electron chi connectivity index (χ2n) is 6.94. The van der Waals surface area contributed by atoms with E-state index in [9.17, 15) is 0 Å². The summed E-state index contributed by atoms with van der Waals surface area (Å²) >= 11 is 0. The van der Waals surface area contributed by atoms with Crippen LogP contribution in [-0.4, -0.2) is 47.9 Å². The predicted molar refractivity (Wildman–Crippen MR) is 102 cm³/mol. The van der Waals surface area contributed by atoms with Gasteiger partial charge in [0.2, 0.25) is 0 Å². The molecule has 0 amide bonds. The van der Waals surface area contributed by atoms with Crippen LogP contribution in [0.25, 0.3) is 11.0 Å². The van der Waals surface area contributed by atoms with Crippen LogP contribution >= 0.6 is 0 Å². The van der Waals surface area contributed by atoms with Crippen molar-refractivity contribution < 1.29 is 4.74 Å². The van der Waals surface area contributed by atoms with E-state index in [1.165, 1.54) is 32.1 Å². The van der Waals surface area contributed by atoms with E-state index in [4.69, 9.17) is 4.74 Å². The normalized spacial score (nSPS) is 20.4. The van der Waals surface area contributed by atoms with E-state index in [1.807, 2.05) is 7.05 Å². The number of unbranched alkanes of at least 4 members (excludes halogenated alkanes) is 1. The van der Waals surface area contributed by atoms with Crippen LogP contribution in [0.3, 0.4) is 0 Å². The maximum atomic E-state index is 5.88. The molecule has 1 fully saturated rings. The Morgan fingerprint density at radius 1 is 1.28 bits per heavy atom. The highest BCUT2D eigenvalue weighted by atomic mass is 16.5. The molecule has 6 heteroatoms. The molecule has 2 heterocycles. The van der Waals surface area contributed by atoms with Gasteiger partial charge in [0.25, 0.3) is 0 Å². The summed E-state index contributed by atoms with van der Waals surface area (Å²) in [6.07, 6.45) is 9.90. The van der Waals surface area contributed by atoms with Crippen molar-refractivity contribution in [1.29, 1.82) is 0 Å². The van der Waals surface area contributed by atoms with Crippen LogP contribution in [0, 0.1) is 5.92 Å². The first-order valence-electron chi connectivity index (χ1n) is 9.61. The summed E-state index contributed by atoms with van der Waals surface area (Å²) in [5.74, 6) is 1.56. The molecule has 0 unspecified atom stereocenters. The van der Waals surface area contributed by atoms with Crippen LogP contribution in [-0.2, 0) is 4.74 Å². The number of hydrogen-bond acceptors (Lipinski definition) is 5. The molecule has 2 N–H and O–H groups in total. The number of rotatable bonds is 10. The number of nitrogens with one attached hydrogen (secondary N) is 2. The first-order chi connectivity index (χ1) is 12.3. The Morgan fingerprint density at radius 3 is 3.04 bits per heavy atom. The lowest BCUT2D eigenvalue weighted by molar-refractivity contribution is 0.102. The van der Waals surface area contributed by atoms with Crippen LogP contribution in [0.1, 0.15) is 45.1 Å². The second-order valence-corrected chi connectivity index (χ2v) is 6.94. The lowest BCUT2D eigenvalue weighted by Crippen LogP contribution is -2.22. The minimum Gasteiger partial charge on any atom is -0.380 e. The predicted octanol–water partition coefficient (Wildman–Crippen LogP) is 3.22. The maximum Gasteiger partial charge on any atom is 0.145 e. The van der Waals surface area contributed by atoms with Crippen molar-refractivity contribution in [1.82, 2.24) is 19.9 Å². The smallest absolute Gasteiger partial charge is 0.145 e. The number of anilines is 1. The van der Waals surface area contributed by atoms with Crippen LogP contribution in [0.4, 0.5) is 5.82 Å². The van der Waals surface area contributed by atoms with Crippen molar-refractivity contribution in [3.05, 3.63) is 18.6 Å². The number of hydrogen-bond donors (Lipinski definition) is 2. The number of nitrogens with zero attached hydrogens (tertiary/aromatic N) is 3. The van der Waals surface area contributed by atoms with E-state index in [0.29, 0.717) is 12.0 Å². The van der Waals surface area contributed by atoms with E-state index in [0.717, 1.165) is 43.2 Å². The second kappa shape index (κ2) is 9.15. The van der Waals surface area contributed by atoms with E-state index < -0.39 is 0 Å². The van der Waals surface area contributed by atoms with Gasteiger partial charge in [0, 0.05) is 32.4 Å². The molecular formula is C19H31N5O. The molecule has 2 aromatic heterocycles. The highest BCUT2D eigenvalue weighted by molar-refractivity contribution is 5.87. The summed E-state index contributed by atoms with van der Waals surface area (Å²) in [7, 11) is 1.90. The molecule has 6 nitrogen and oxygen atoms in total. The third kappa shape index (κ3) is 4.50. The maximum absolute atomic E-state index is 5.88.